The van der Waals surface area contributed by atoms with Crippen LogP contribution in [0.5, 0.6) is 0 Å². The van der Waals surface area contributed by atoms with E-state index in [1.54, 1.807) is 27.7 Å². The fourth-order valence-corrected chi connectivity index (χ4v) is 3.55. The van der Waals surface area contributed by atoms with E-state index in [1.165, 1.54) is 7.11 Å². The largest absolute Gasteiger partial charge is 0.467 e. The lowest BCUT2D eigenvalue weighted by molar-refractivity contribution is -0.164. The van der Waals surface area contributed by atoms with Crippen molar-refractivity contribution in [2.24, 2.45) is 0 Å². The number of imidazole rings is 1. The number of alkyl halides is 1. The van der Waals surface area contributed by atoms with Crippen LogP contribution in [0.1, 0.15) is 38.0 Å². The Bertz CT molecular complexity index is 945. The molecule has 148 valence electrons. The number of rotatable bonds is 5. The molecule has 0 unspecified atom stereocenters. The van der Waals surface area contributed by atoms with Gasteiger partial charge in [0.15, 0.2) is 6.10 Å². The molecule has 2 rings (SSSR count). The van der Waals surface area contributed by atoms with Crippen LogP contribution in [-0.4, -0.2) is 40.4 Å². The summed E-state index contributed by atoms with van der Waals surface area (Å²) in [6.45, 7) is 7.12. The van der Waals surface area contributed by atoms with E-state index in [0.717, 1.165) is 0 Å². The summed E-state index contributed by atoms with van der Waals surface area (Å²) < 4.78 is 11.3. The Morgan fingerprint density at radius 3 is 2.37 bits per heavy atom. The highest BCUT2D eigenvalue weighted by Gasteiger charge is 2.33. The maximum atomic E-state index is 12.5. The Labute approximate surface area is 169 Å². The number of halogens is 2. The zero-order chi connectivity index (χ0) is 20.5. The highest BCUT2D eigenvalue weighted by Crippen LogP contribution is 2.41. The van der Waals surface area contributed by atoms with Gasteiger partial charge in [-0.15, -0.1) is 11.6 Å². The molecule has 2 aromatic rings. The van der Waals surface area contributed by atoms with Gasteiger partial charge in [-0.05, 0) is 49.2 Å². The molecule has 1 atom stereocenters. The van der Waals surface area contributed by atoms with Crippen molar-refractivity contribution in [2.45, 2.75) is 39.4 Å². The summed E-state index contributed by atoms with van der Waals surface area (Å²) >= 11 is 9.06. The van der Waals surface area contributed by atoms with E-state index >= 15 is 0 Å². The molecule has 0 saturated heterocycles. The van der Waals surface area contributed by atoms with Crippen LogP contribution < -0.4 is 11.0 Å². The summed E-state index contributed by atoms with van der Waals surface area (Å²) in [5.41, 5.74) is 0.939. The molecule has 0 spiro atoms. The average Bonchev–Trinajstić information content (AvgIpc) is 2.97. The van der Waals surface area contributed by atoms with Crippen LogP contribution in [0.3, 0.4) is 0 Å². The van der Waals surface area contributed by atoms with E-state index < -0.39 is 29.3 Å². The summed E-state index contributed by atoms with van der Waals surface area (Å²) in [6.07, 6.45) is -1.08. The van der Waals surface area contributed by atoms with Gasteiger partial charge in [0.1, 0.15) is 5.88 Å². The molecule has 8 nitrogen and oxygen atoms in total. The third-order valence-electron chi connectivity index (χ3n) is 3.75. The lowest BCUT2D eigenvalue weighted by Gasteiger charge is -2.28. The highest BCUT2D eigenvalue weighted by molar-refractivity contribution is 9.10. The number of ether oxygens (including phenoxy) is 2. The van der Waals surface area contributed by atoms with Crippen LogP contribution in [0.25, 0.3) is 11.0 Å². The van der Waals surface area contributed by atoms with Crippen molar-refractivity contribution in [1.82, 2.24) is 9.97 Å². The fraction of sp³-hybridized carbons (Fsp3) is 0.471. The van der Waals surface area contributed by atoms with E-state index in [4.69, 9.17) is 21.1 Å². The van der Waals surface area contributed by atoms with E-state index in [0.29, 0.717) is 32.3 Å². The molecule has 0 saturated carbocycles. The number of carbonyl (C=O) groups is 2. The second-order valence-electron chi connectivity index (χ2n) is 6.87. The quantitative estimate of drug-likeness (QED) is 0.467. The number of H-pyrrole nitrogens is 2. The number of aromatic amines is 2. The first-order valence-electron chi connectivity index (χ1n) is 8.05. The number of aromatic nitrogens is 2. The Hall–Kier alpha value is -1.84. The third-order valence-corrected chi connectivity index (χ3v) is 4.81. The van der Waals surface area contributed by atoms with Gasteiger partial charge in [0.2, 0.25) is 5.91 Å². The van der Waals surface area contributed by atoms with Crippen LogP contribution in [0.15, 0.2) is 9.27 Å². The maximum Gasteiger partial charge on any atom is 0.339 e. The van der Waals surface area contributed by atoms with Crippen LogP contribution in [0, 0.1) is 6.92 Å². The van der Waals surface area contributed by atoms with E-state index in [-0.39, 0.29) is 5.88 Å². The number of methoxy groups -OCH3 is 1. The minimum atomic E-state index is -1.08. The summed E-state index contributed by atoms with van der Waals surface area (Å²) in [7, 11) is 1.26. The lowest BCUT2D eigenvalue weighted by atomic mass is 9.99. The molecule has 0 aliphatic carbocycles. The predicted molar refractivity (Wildman–Crippen MR) is 106 cm³/mol. The Kier molecular flexibility index (Phi) is 6.39. The van der Waals surface area contributed by atoms with Crippen molar-refractivity contribution < 1.29 is 19.1 Å². The maximum absolute atomic E-state index is 12.5. The number of carbonyl (C=O) groups excluding carboxylic acids is 2. The SMILES string of the molecule is COC(=O)[C@@H](OC(C)(C)C)c1c(C)c(NC(=O)CCl)c2[nH]c(=O)[nH]c2c1Br. The first kappa shape index (κ1) is 21.5. The average molecular weight is 463 g/mol. The monoisotopic (exact) mass is 461 g/mol. The van der Waals surface area contributed by atoms with Gasteiger partial charge in [-0.3, -0.25) is 4.79 Å². The first-order valence-corrected chi connectivity index (χ1v) is 9.38. The molecule has 0 radical (unpaired) electrons. The molecule has 0 aliphatic heterocycles. The number of hydrogen-bond acceptors (Lipinski definition) is 5. The van der Waals surface area contributed by atoms with Gasteiger partial charge in [-0.2, -0.15) is 0 Å². The van der Waals surface area contributed by atoms with Crippen LogP contribution >= 0.6 is 27.5 Å². The Balaban J connectivity index is 2.82. The predicted octanol–water partition coefficient (Wildman–Crippen LogP) is 3.13. The minimum Gasteiger partial charge on any atom is -0.467 e. The van der Waals surface area contributed by atoms with Crippen molar-refractivity contribution in [3.05, 3.63) is 26.1 Å². The van der Waals surface area contributed by atoms with E-state index in [1.807, 2.05) is 0 Å². The van der Waals surface area contributed by atoms with Crippen LogP contribution in [-0.2, 0) is 19.1 Å². The summed E-state index contributed by atoms with van der Waals surface area (Å²) in [5, 5.41) is 2.67. The zero-order valence-electron chi connectivity index (χ0n) is 15.6. The number of nitrogens with one attached hydrogen (secondary N) is 3. The molecule has 1 aromatic heterocycles. The normalized spacial score (nSPS) is 12.9. The first-order chi connectivity index (χ1) is 12.5. The molecule has 0 fully saturated rings. The number of amides is 1. The van der Waals surface area contributed by atoms with Gasteiger partial charge in [0.05, 0.1) is 33.9 Å². The topological polar surface area (TPSA) is 113 Å². The molecule has 10 heteroatoms. The number of esters is 1. The smallest absolute Gasteiger partial charge is 0.339 e. The Morgan fingerprint density at radius 2 is 1.85 bits per heavy atom. The third kappa shape index (κ3) is 4.53. The van der Waals surface area contributed by atoms with Crippen molar-refractivity contribution in [3.63, 3.8) is 0 Å². The van der Waals surface area contributed by atoms with Crippen molar-refractivity contribution >= 4 is 56.1 Å². The lowest BCUT2D eigenvalue weighted by Crippen LogP contribution is -2.29. The van der Waals surface area contributed by atoms with Gasteiger partial charge in [-0.1, -0.05) is 0 Å². The van der Waals surface area contributed by atoms with Crippen molar-refractivity contribution in [3.8, 4) is 0 Å². The van der Waals surface area contributed by atoms with Crippen molar-refractivity contribution in [2.75, 3.05) is 18.3 Å². The molecule has 1 aromatic carbocycles. The van der Waals surface area contributed by atoms with Gasteiger partial charge >= 0.3 is 11.7 Å². The van der Waals surface area contributed by atoms with Gasteiger partial charge in [0.25, 0.3) is 0 Å². The highest BCUT2D eigenvalue weighted by atomic mass is 79.9. The Morgan fingerprint density at radius 1 is 1.26 bits per heavy atom. The number of hydrogen-bond donors (Lipinski definition) is 3. The summed E-state index contributed by atoms with van der Waals surface area (Å²) in [6, 6.07) is 0. The van der Waals surface area contributed by atoms with Gasteiger partial charge in [0, 0.05) is 5.56 Å². The van der Waals surface area contributed by atoms with E-state index in [2.05, 4.69) is 31.2 Å². The summed E-state index contributed by atoms with van der Waals surface area (Å²) in [4.78, 5) is 41.5. The number of anilines is 1. The molecule has 27 heavy (non-hydrogen) atoms. The van der Waals surface area contributed by atoms with Crippen LogP contribution in [0.4, 0.5) is 5.69 Å². The van der Waals surface area contributed by atoms with Crippen LogP contribution in [0.2, 0.25) is 0 Å². The standard InChI is InChI=1S/C17H21BrClN3O5/c1-7-9(14(15(24)26-5)27-17(2,3)4)10(18)12-13(22-16(25)21-12)11(7)20-8(23)6-19/h14H,6H2,1-5H3,(H,20,23)(H2,21,22,25)/t14-/m0/s1. The van der Waals surface area contributed by atoms with Crippen molar-refractivity contribution in [1.29, 1.82) is 0 Å². The summed E-state index contributed by atoms with van der Waals surface area (Å²) in [5.74, 6) is -1.33. The molecule has 1 amide bonds. The second kappa shape index (κ2) is 8.04. The fourth-order valence-electron chi connectivity index (χ4n) is 2.68. The number of benzene rings is 1. The molecular weight excluding hydrogens is 442 g/mol. The molecule has 0 bridgehead atoms. The molecule has 0 aliphatic rings. The molecular formula is C17H21BrClN3O5. The van der Waals surface area contributed by atoms with Gasteiger partial charge < -0.3 is 24.8 Å². The molecule has 1 heterocycles. The second-order valence-corrected chi connectivity index (χ2v) is 7.93. The minimum absolute atomic E-state index is 0.264. The van der Waals surface area contributed by atoms with E-state index in [9.17, 15) is 14.4 Å². The van der Waals surface area contributed by atoms with Gasteiger partial charge in [-0.25, -0.2) is 9.59 Å². The zero-order valence-corrected chi connectivity index (χ0v) is 17.9. The molecule has 3 N–H and O–H groups in total. The number of fused-ring (bicyclic) bond motifs is 1.